The van der Waals surface area contributed by atoms with Gasteiger partial charge in [0.2, 0.25) is 11.8 Å². The fraction of sp³-hybridized carbons (Fsp3) is 0.400. The summed E-state index contributed by atoms with van der Waals surface area (Å²) in [4.78, 5) is 35.6. The summed E-state index contributed by atoms with van der Waals surface area (Å²) in [5.41, 5.74) is 1.81. The molecular formula is C15H20N2O3. The van der Waals surface area contributed by atoms with Crippen molar-refractivity contribution in [1.29, 1.82) is 0 Å². The summed E-state index contributed by atoms with van der Waals surface area (Å²) >= 11 is 0. The number of hydrogen-bond donors (Lipinski definition) is 1. The number of ketones is 1. The lowest BCUT2D eigenvalue weighted by atomic mass is 10.2. The van der Waals surface area contributed by atoms with Crippen molar-refractivity contribution >= 4 is 23.3 Å². The van der Waals surface area contributed by atoms with Crippen LogP contribution < -0.4 is 5.32 Å². The summed E-state index contributed by atoms with van der Waals surface area (Å²) in [6, 6.07) is 7.42. The van der Waals surface area contributed by atoms with E-state index in [9.17, 15) is 14.4 Å². The summed E-state index contributed by atoms with van der Waals surface area (Å²) in [5, 5.41) is 2.72. The summed E-state index contributed by atoms with van der Waals surface area (Å²) in [7, 11) is 1.55. The molecular weight excluding hydrogens is 256 g/mol. The van der Waals surface area contributed by atoms with Gasteiger partial charge in [-0.1, -0.05) is 17.7 Å². The third-order valence-corrected chi connectivity index (χ3v) is 2.83. The highest BCUT2D eigenvalue weighted by Gasteiger charge is 2.13. The van der Waals surface area contributed by atoms with Gasteiger partial charge >= 0.3 is 0 Å². The Morgan fingerprint density at radius 3 is 2.25 bits per heavy atom. The molecule has 1 aromatic rings. The first-order valence-electron chi connectivity index (χ1n) is 6.48. The number of aryl methyl sites for hydroxylation is 1. The molecule has 0 heterocycles. The lowest BCUT2D eigenvalue weighted by Gasteiger charge is -2.16. The van der Waals surface area contributed by atoms with Crippen molar-refractivity contribution in [2.24, 2.45) is 0 Å². The van der Waals surface area contributed by atoms with Crippen LogP contribution in [0.25, 0.3) is 0 Å². The Bertz CT molecular complexity index is 494. The third kappa shape index (κ3) is 5.65. The number of nitrogens with zero attached hydrogens (tertiary/aromatic N) is 1. The second-order valence-electron chi connectivity index (χ2n) is 4.87. The smallest absolute Gasteiger partial charge is 0.243 e. The largest absolute Gasteiger partial charge is 0.336 e. The molecule has 0 aromatic heterocycles. The molecule has 0 bridgehead atoms. The van der Waals surface area contributed by atoms with Crippen LogP contribution in [0.1, 0.15) is 25.3 Å². The molecule has 20 heavy (non-hydrogen) atoms. The molecule has 0 aliphatic carbocycles. The highest BCUT2D eigenvalue weighted by atomic mass is 16.2. The minimum Gasteiger partial charge on any atom is -0.336 e. The van der Waals surface area contributed by atoms with E-state index in [1.807, 2.05) is 31.2 Å². The number of carbonyl (C=O) groups excluding carboxylic acids is 3. The van der Waals surface area contributed by atoms with Crippen LogP contribution in [0.4, 0.5) is 5.69 Å². The number of likely N-dealkylation sites (N-methyl/N-ethyl adjacent to an activating group) is 1. The minimum absolute atomic E-state index is 0.0232. The Morgan fingerprint density at radius 2 is 1.70 bits per heavy atom. The number of amides is 2. The van der Waals surface area contributed by atoms with Gasteiger partial charge in [-0.25, -0.2) is 0 Å². The zero-order valence-electron chi connectivity index (χ0n) is 12.1. The Morgan fingerprint density at radius 1 is 1.10 bits per heavy atom. The highest BCUT2D eigenvalue weighted by Crippen LogP contribution is 2.08. The van der Waals surface area contributed by atoms with Gasteiger partial charge in [-0.05, 0) is 26.0 Å². The van der Waals surface area contributed by atoms with E-state index in [1.165, 1.54) is 11.8 Å². The van der Waals surface area contributed by atoms with Crippen LogP contribution in [0.5, 0.6) is 0 Å². The van der Waals surface area contributed by atoms with Crippen LogP contribution in [0.3, 0.4) is 0 Å². The van der Waals surface area contributed by atoms with E-state index in [2.05, 4.69) is 5.32 Å². The molecule has 0 unspecified atom stereocenters. The molecule has 0 aliphatic rings. The molecule has 5 nitrogen and oxygen atoms in total. The molecule has 108 valence electrons. The normalized spacial score (nSPS) is 9.95. The van der Waals surface area contributed by atoms with E-state index in [0.717, 1.165) is 5.56 Å². The molecule has 0 saturated carbocycles. The fourth-order valence-electron chi connectivity index (χ4n) is 1.61. The number of anilines is 1. The average Bonchev–Trinajstić information content (AvgIpc) is 2.38. The first-order valence-corrected chi connectivity index (χ1v) is 6.48. The summed E-state index contributed by atoms with van der Waals surface area (Å²) < 4.78 is 0. The Kier molecular flexibility index (Phi) is 5.90. The molecule has 0 atom stereocenters. The van der Waals surface area contributed by atoms with E-state index in [1.54, 1.807) is 7.05 Å². The van der Waals surface area contributed by atoms with Crippen LogP contribution in [0.2, 0.25) is 0 Å². The van der Waals surface area contributed by atoms with E-state index < -0.39 is 0 Å². The SMILES string of the molecule is CC(=O)CCC(=O)N(C)CC(=O)Nc1ccc(C)cc1. The molecule has 1 aromatic carbocycles. The first-order chi connectivity index (χ1) is 9.38. The monoisotopic (exact) mass is 276 g/mol. The van der Waals surface area contributed by atoms with Crippen molar-refractivity contribution in [2.75, 3.05) is 18.9 Å². The van der Waals surface area contributed by atoms with Crippen molar-refractivity contribution < 1.29 is 14.4 Å². The van der Waals surface area contributed by atoms with E-state index in [-0.39, 0.29) is 37.0 Å². The Balaban J connectivity index is 2.43. The van der Waals surface area contributed by atoms with Gasteiger partial charge in [0.05, 0.1) is 6.54 Å². The van der Waals surface area contributed by atoms with Crippen molar-refractivity contribution in [3.63, 3.8) is 0 Å². The molecule has 0 aliphatic heterocycles. The quantitative estimate of drug-likeness (QED) is 0.861. The molecule has 5 heteroatoms. The van der Waals surface area contributed by atoms with Gasteiger partial charge in [0.15, 0.2) is 0 Å². The lowest BCUT2D eigenvalue weighted by molar-refractivity contribution is -0.134. The van der Waals surface area contributed by atoms with Gasteiger partial charge in [-0.3, -0.25) is 9.59 Å². The van der Waals surface area contributed by atoms with Crippen molar-refractivity contribution in [1.82, 2.24) is 4.90 Å². The summed E-state index contributed by atoms with van der Waals surface area (Å²) in [6.45, 7) is 3.38. The van der Waals surface area contributed by atoms with Gasteiger partial charge in [0, 0.05) is 25.6 Å². The molecule has 0 radical (unpaired) electrons. The highest BCUT2D eigenvalue weighted by molar-refractivity contribution is 5.94. The van der Waals surface area contributed by atoms with Gasteiger partial charge < -0.3 is 15.0 Å². The van der Waals surface area contributed by atoms with Gasteiger partial charge in [-0.15, -0.1) is 0 Å². The Labute approximate surface area is 119 Å². The second kappa shape index (κ2) is 7.43. The predicted octanol–water partition coefficient (Wildman–Crippen LogP) is 1.76. The fourth-order valence-corrected chi connectivity index (χ4v) is 1.61. The lowest BCUT2D eigenvalue weighted by Crippen LogP contribution is -2.35. The van der Waals surface area contributed by atoms with Crippen LogP contribution in [0.15, 0.2) is 24.3 Å². The summed E-state index contributed by atoms with van der Waals surface area (Å²) in [6.07, 6.45) is 0.354. The van der Waals surface area contributed by atoms with E-state index in [0.29, 0.717) is 5.69 Å². The number of rotatable bonds is 6. The zero-order chi connectivity index (χ0) is 15.1. The van der Waals surface area contributed by atoms with Crippen molar-refractivity contribution in [3.05, 3.63) is 29.8 Å². The maximum atomic E-state index is 11.8. The number of carbonyl (C=O) groups is 3. The maximum absolute atomic E-state index is 11.8. The van der Waals surface area contributed by atoms with Crippen molar-refractivity contribution in [2.45, 2.75) is 26.7 Å². The van der Waals surface area contributed by atoms with Crippen LogP contribution in [0, 0.1) is 6.92 Å². The van der Waals surface area contributed by atoms with Gasteiger partial charge in [-0.2, -0.15) is 0 Å². The van der Waals surface area contributed by atoms with E-state index >= 15 is 0 Å². The summed E-state index contributed by atoms with van der Waals surface area (Å²) in [5.74, 6) is -0.498. The molecule has 0 saturated heterocycles. The predicted molar refractivity (Wildman–Crippen MR) is 77.4 cm³/mol. The number of benzene rings is 1. The van der Waals surface area contributed by atoms with Gasteiger partial charge in [0.1, 0.15) is 5.78 Å². The van der Waals surface area contributed by atoms with Crippen LogP contribution in [-0.4, -0.2) is 36.1 Å². The molecule has 0 fully saturated rings. The number of Topliss-reactive ketones (excluding diaryl/α,β-unsaturated/α-hetero) is 1. The van der Waals surface area contributed by atoms with Crippen LogP contribution in [-0.2, 0) is 14.4 Å². The topological polar surface area (TPSA) is 66.5 Å². The standard InChI is InChI=1S/C15H20N2O3/c1-11-4-7-13(8-5-11)16-14(19)10-17(3)15(20)9-6-12(2)18/h4-5,7-8H,6,9-10H2,1-3H3,(H,16,19). The maximum Gasteiger partial charge on any atom is 0.243 e. The third-order valence-electron chi connectivity index (χ3n) is 2.83. The van der Waals surface area contributed by atoms with E-state index in [4.69, 9.17) is 0 Å². The first kappa shape index (κ1) is 15.9. The van der Waals surface area contributed by atoms with Crippen LogP contribution >= 0.6 is 0 Å². The van der Waals surface area contributed by atoms with Gasteiger partial charge in [0.25, 0.3) is 0 Å². The molecule has 0 spiro atoms. The number of nitrogens with one attached hydrogen (secondary N) is 1. The molecule has 2 amide bonds. The second-order valence-corrected chi connectivity index (χ2v) is 4.87. The van der Waals surface area contributed by atoms with Crippen molar-refractivity contribution in [3.8, 4) is 0 Å². The minimum atomic E-state index is -0.257. The Hall–Kier alpha value is -2.17. The molecule has 1 N–H and O–H groups in total. The molecule has 1 rings (SSSR count). The average molecular weight is 276 g/mol. The zero-order valence-corrected chi connectivity index (χ0v) is 12.1. The number of hydrogen-bond acceptors (Lipinski definition) is 3.